The molecule has 0 aliphatic carbocycles. The molecular weight excluding hydrogens is 368 g/mol. The molecule has 5 nitrogen and oxygen atoms in total. The molecule has 0 bridgehead atoms. The molecule has 0 unspecified atom stereocenters. The minimum absolute atomic E-state index is 0.161. The molecule has 0 heterocycles. The first-order valence-electron chi connectivity index (χ1n) is 6.55. The van der Waals surface area contributed by atoms with Crippen molar-refractivity contribution in [3.63, 3.8) is 0 Å². The quantitative estimate of drug-likeness (QED) is 0.616. The highest BCUT2D eigenvalue weighted by atomic mass is 79.9. The predicted molar refractivity (Wildman–Crippen MR) is 89.7 cm³/mol. The Morgan fingerprint density at radius 3 is 2.64 bits per heavy atom. The number of ether oxygens (including phenoxy) is 1. The summed E-state index contributed by atoms with van der Waals surface area (Å²) in [6.07, 6.45) is 1.42. The molecule has 0 spiro atoms. The number of sulfonamides is 1. The topological polar surface area (TPSA) is 67.8 Å². The molecule has 0 fully saturated rings. The zero-order chi connectivity index (χ0) is 16.0. The number of halogens is 1. The lowest BCUT2D eigenvalue weighted by atomic mass is 10.2. The lowest BCUT2D eigenvalue weighted by Gasteiger charge is -2.06. The first-order chi connectivity index (χ1) is 10.5. The summed E-state index contributed by atoms with van der Waals surface area (Å²) < 4.78 is 30.2. The van der Waals surface area contributed by atoms with Crippen LogP contribution in [0.15, 0.2) is 63.0 Å². The van der Waals surface area contributed by atoms with Gasteiger partial charge in [-0.3, -0.25) is 0 Å². The molecule has 0 aromatic heterocycles. The van der Waals surface area contributed by atoms with Gasteiger partial charge in [0.1, 0.15) is 5.75 Å². The smallest absolute Gasteiger partial charge is 0.276 e. The number of nitrogens with zero attached hydrogens (tertiary/aromatic N) is 1. The number of benzene rings is 2. The summed E-state index contributed by atoms with van der Waals surface area (Å²) >= 11 is 3.38. The highest BCUT2D eigenvalue weighted by molar-refractivity contribution is 9.10. The van der Waals surface area contributed by atoms with E-state index in [1.807, 2.05) is 19.1 Å². The molecule has 2 rings (SSSR count). The molecule has 0 amide bonds. The maximum Gasteiger partial charge on any atom is 0.276 e. The second-order valence-corrected chi connectivity index (χ2v) is 6.80. The van der Waals surface area contributed by atoms with Crippen LogP contribution >= 0.6 is 15.9 Å². The van der Waals surface area contributed by atoms with Crippen molar-refractivity contribution in [2.24, 2.45) is 5.10 Å². The lowest BCUT2D eigenvalue weighted by molar-refractivity contribution is 0.340. The zero-order valence-corrected chi connectivity index (χ0v) is 14.3. The van der Waals surface area contributed by atoms with Crippen molar-refractivity contribution in [1.29, 1.82) is 0 Å². The number of hydrazone groups is 1. The Bertz CT molecular complexity index is 762. The standard InChI is InChI=1S/C15H15BrN2O3S/c1-2-21-13-8-9-15(16)12(10-13)11-17-18-22(19,20)14-6-4-3-5-7-14/h3-11,18H,2H2,1H3/b17-11-. The molecule has 0 radical (unpaired) electrons. The van der Waals surface area contributed by atoms with E-state index in [0.29, 0.717) is 17.9 Å². The first kappa shape index (κ1) is 16.5. The maximum absolute atomic E-state index is 12.0. The van der Waals surface area contributed by atoms with Gasteiger partial charge in [0.25, 0.3) is 10.0 Å². The van der Waals surface area contributed by atoms with Gasteiger partial charge in [-0.15, -0.1) is 0 Å². The van der Waals surface area contributed by atoms with E-state index in [9.17, 15) is 8.42 Å². The summed E-state index contributed by atoms with van der Waals surface area (Å²) in [5.74, 6) is 0.693. The molecule has 7 heteroatoms. The Balaban J connectivity index is 2.14. The van der Waals surface area contributed by atoms with E-state index < -0.39 is 10.0 Å². The lowest BCUT2D eigenvalue weighted by Crippen LogP contribution is -2.18. The summed E-state index contributed by atoms with van der Waals surface area (Å²) in [6.45, 7) is 2.45. The van der Waals surface area contributed by atoms with Crippen LogP contribution in [0.5, 0.6) is 5.75 Å². The van der Waals surface area contributed by atoms with E-state index in [4.69, 9.17) is 4.74 Å². The van der Waals surface area contributed by atoms with Crippen LogP contribution in [0.3, 0.4) is 0 Å². The average molecular weight is 383 g/mol. The molecule has 0 atom stereocenters. The number of hydrogen-bond acceptors (Lipinski definition) is 4. The molecular formula is C15H15BrN2O3S. The molecule has 0 aliphatic rings. The van der Waals surface area contributed by atoms with Gasteiger partial charge >= 0.3 is 0 Å². The summed E-state index contributed by atoms with van der Waals surface area (Å²) in [5, 5.41) is 3.80. The van der Waals surface area contributed by atoms with Gasteiger partial charge in [0, 0.05) is 10.0 Å². The van der Waals surface area contributed by atoms with Crippen molar-refractivity contribution >= 4 is 32.2 Å². The first-order valence-corrected chi connectivity index (χ1v) is 8.83. The van der Waals surface area contributed by atoms with Crippen molar-refractivity contribution in [2.45, 2.75) is 11.8 Å². The fraction of sp³-hybridized carbons (Fsp3) is 0.133. The fourth-order valence-corrected chi connectivity index (χ4v) is 2.86. The van der Waals surface area contributed by atoms with Gasteiger partial charge in [-0.1, -0.05) is 34.1 Å². The van der Waals surface area contributed by atoms with Gasteiger partial charge in [0.15, 0.2) is 0 Å². The largest absolute Gasteiger partial charge is 0.494 e. The van der Waals surface area contributed by atoms with Crippen LogP contribution in [-0.2, 0) is 10.0 Å². The highest BCUT2D eigenvalue weighted by Crippen LogP contribution is 2.21. The molecule has 2 aromatic rings. The molecule has 1 N–H and O–H groups in total. The summed E-state index contributed by atoms with van der Waals surface area (Å²) in [4.78, 5) is 2.34. The predicted octanol–water partition coefficient (Wildman–Crippen LogP) is 3.16. The molecule has 0 aliphatic heterocycles. The van der Waals surface area contributed by atoms with Crippen LogP contribution in [0.25, 0.3) is 0 Å². The summed E-state index contributed by atoms with van der Waals surface area (Å²) in [5.41, 5.74) is 0.710. The maximum atomic E-state index is 12.0. The van der Waals surface area contributed by atoms with Crippen LogP contribution in [0.2, 0.25) is 0 Å². The molecule has 2 aromatic carbocycles. The Kier molecular flexibility index (Phi) is 5.57. The van der Waals surface area contributed by atoms with Crippen LogP contribution < -0.4 is 9.57 Å². The molecule has 22 heavy (non-hydrogen) atoms. The summed E-state index contributed by atoms with van der Waals surface area (Å²) in [6, 6.07) is 13.5. The van der Waals surface area contributed by atoms with Crippen molar-refractivity contribution in [3.05, 3.63) is 58.6 Å². The molecule has 116 valence electrons. The van der Waals surface area contributed by atoms with E-state index in [0.717, 1.165) is 4.47 Å². The van der Waals surface area contributed by atoms with Gasteiger partial charge < -0.3 is 4.74 Å². The number of nitrogens with one attached hydrogen (secondary N) is 1. The van der Waals surface area contributed by atoms with Gasteiger partial charge in [-0.2, -0.15) is 13.5 Å². The number of rotatable bonds is 6. The third-order valence-electron chi connectivity index (χ3n) is 2.71. The third kappa shape index (κ3) is 4.32. The zero-order valence-electron chi connectivity index (χ0n) is 11.9. The number of hydrogen-bond donors (Lipinski definition) is 1. The molecule has 0 saturated carbocycles. The van der Waals surface area contributed by atoms with E-state index in [1.54, 1.807) is 24.3 Å². The second kappa shape index (κ2) is 7.42. The van der Waals surface area contributed by atoms with Gasteiger partial charge in [-0.25, -0.2) is 4.83 Å². The van der Waals surface area contributed by atoms with Crippen LogP contribution in [0.4, 0.5) is 0 Å². The van der Waals surface area contributed by atoms with Crippen molar-refractivity contribution in [3.8, 4) is 5.75 Å². The van der Waals surface area contributed by atoms with E-state index in [2.05, 4.69) is 25.9 Å². The Hall–Kier alpha value is -1.86. The third-order valence-corrected chi connectivity index (χ3v) is 4.67. The van der Waals surface area contributed by atoms with Gasteiger partial charge in [-0.05, 0) is 37.3 Å². The van der Waals surface area contributed by atoms with Crippen molar-refractivity contribution in [2.75, 3.05) is 6.61 Å². The van der Waals surface area contributed by atoms with Crippen molar-refractivity contribution in [1.82, 2.24) is 4.83 Å². The van der Waals surface area contributed by atoms with Crippen LogP contribution in [-0.4, -0.2) is 21.2 Å². The minimum atomic E-state index is -3.66. The SMILES string of the molecule is CCOc1ccc(Br)c(/C=N\NS(=O)(=O)c2ccccc2)c1. The van der Waals surface area contributed by atoms with Crippen LogP contribution in [0, 0.1) is 0 Å². The Labute approximate surface area is 138 Å². The summed E-state index contributed by atoms with van der Waals surface area (Å²) in [7, 11) is -3.66. The fourth-order valence-electron chi connectivity index (χ4n) is 1.69. The van der Waals surface area contributed by atoms with E-state index in [-0.39, 0.29) is 4.90 Å². The van der Waals surface area contributed by atoms with Crippen LogP contribution in [0.1, 0.15) is 12.5 Å². The highest BCUT2D eigenvalue weighted by Gasteiger charge is 2.11. The van der Waals surface area contributed by atoms with Crippen molar-refractivity contribution < 1.29 is 13.2 Å². The Morgan fingerprint density at radius 1 is 1.23 bits per heavy atom. The normalized spacial score (nSPS) is 11.5. The minimum Gasteiger partial charge on any atom is -0.494 e. The second-order valence-electron chi connectivity index (χ2n) is 4.28. The van der Waals surface area contributed by atoms with Gasteiger partial charge in [0.2, 0.25) is 0 Å². The Morgan fingerprint density at radius 2 is 1.95 bits per heavy atom. The molecule has 0 saturated heterocycles. The monoisotopic (exact) mass is 382 g/mol. The van der Waals surface area contributed by atoms with Gasteiger partial charge in [0.05, 0.1) is 17.7 Å². The average Bonchev–Trinajstić information content (AvgIpc) is 2.51. The van der Waals surface area contributed by atoms with E-state index in [1.165, 1.54) is 18.3 Å². The van der Waals surface area contributed by atoms with E-state index >= 15 is 0 Å².